The van der Waals surface area contributed by atoms with E-state index in [1.54, 1.807) is 18.2 Å². The molecule has 2 aromatic carbocycles. The van der Waals surface area contributed by atoms with E-state index in [0.29, 0.717) is 11.8 Å². The highest BCUT2D eigenvalue weighted by atomic mass is 35.5. The number of hydrogen-bond acceptors (Lipinski definition) is 4. The van der Waals surface area contributed by atoms with Crippen LogP contribution in [0.4, 0.5) is 5.69 Å². The third kappa shape index (κ3) is 3.51. The number of hydrogen-bond donors (Lipinski definition) is 0. The number of carbonyl (C=O) groups excluding carboxylic acids is 1. The van der Waals surface area contributed by atoms with Gasteiger partial charge in [-0.1, -0.05) is 29.3 Å². The lowest BCUT2D eigenvalue weighted by atomic mass is 10.2. The predicted molar refractivity (Wildman–Crippen MR) is 79.3 cm³/mol. The molecule has 0 spiro atoms. The van der Waals surface area contributed by atoms with E-state index in [-0.39, 0.29) is 33.7 Å². The number of rotatable bonds is 5. The first kappa shape index (κ1) is 15.3. The van der Waals surface area contributed by atoms with Gasteiger partial charge in [-0.15, -0.1) is 0 Å². The fourth-order valence-electron chi connectivity index (χ4n) is 1.75. The van der Waals surface area contributed by atoms with Crippen molar-refractivity contribution < 1.29 is 14.5 Å². The van der Waals surface area contributed by atoms with E-state index < -0.39 is 4.92 Å². The standard InChI is InChI=1S/C14H9Cl2NO4/c15-11-5-4-10(13(6-11)17(19)20)8-21-14-9(7-18)2-1-3-12(14)16/h1-7H,8H2. The normalized spacial score (nSPS) is 10.2. The van der Waals surface area contributed by atoms with Crippen LogP contribution in [-0.4, -0.2) is 11.2 Å². The Kier molecular flexibility index (Phi) is 4.77. The average molecular weight is 326 g/mol. The van der Waals surface area contributed by atoms with Crippen LogP contribution in [0.15, 0.2) is 36.4 Å². The highest BCUT2D eigenvalue weighted by Crippen LogP contribution is 2.30. The molecule has 21 heavy (non-hydrogen) atoms. The summed E-state index contributed by atoms with van der Waals surface area (Å²) >= 11 is 11.7. The van der Waals surface area contributed by atoms with Crippen LogP contribution in [0.3, 0.4) is 0 Å². The minimum absolute atomic E-state index is 0.0992. The van der Waals surface area contributed by atoms with E-state index in [4.69, 9.17) is 27.9 Å². The smallest absolute Gasteiger partial charge is 0.277 e. The fourth-order valence-corrected chi connectivity index (χ4v) is 2.15. The molecule has 0 aromatic heterocycles. The highest BCUT2D eigenvalue weighted by molar-refractivity contribution is 6.32. The van der Waals surface area contributed by atoms with Gasteiger partial charge in [0.25, 0.3) is 5.69 Å². The first-order valence-corrected chi connectivity index (χ1v) is 6.58. The molecule has 0 aliphatic heterocycles. The zero-order valence-corrected chi connectivity index (χ0v) is 12.1. The van der Waals surface area contributed by atoms with Gasteiger partial charge in [0.05, 0.1) is 21.1 Å². The lowest BCUT2D eigenvalue weighted by Gasteiger charge is -2.10. The Hall–Kier alpha value is -2.11. The summed E-state index contributed by atoms with van der Waals surface area (Å²) in [5.74, 6) is 0.193. The molecule has 0 N–H and O–H groups in total. The predicted octanol–water partition coefficient (Wildman–Crippen LogP) is 4.29. The molecule has 0 aliphatic rings. The maximum absolute atomic E-state index is 11.0. The summed E-state index contributed by atoms with van der Waals surface area (Å²) in [6.07, 6.45) is 0.609. The summed E-state index contributed by atoms with van der Waals surface area (Å²) < 4.78 is 5.46. The van der Waals surface area contributed by atoms with Crippen molar-refractivity contribution in [3.05, 3.63) is 67.7 Å². The van der Waals surface area contributed by atoms with E-state index in [1.807, 2.05) is 0 Å². The summed E-state index contributed by atoms with van der Waals surface area (Å²) in [6.45, 7) is -0.0992. The first-order valence-electron chi connectivity index (χ1n) is 5.82. The van der Waals surface area contributed by atoms with E-state index in [9.17, 15) is 14.9 Å². The van der Waals surface area contributed by atoms with Crippen LogP contribution in [-0.2, 0) is 6.61 Å². The summed E-state index contributed by atoms with van der Waals surface area (Å²) in [5, 5.41) is 11.5. The molecule has 5 nitrogen and oxygen atoms in total. The molecular formula is C14H9Cl2NO4. The molecule has 0 radical (unpaired) electrons. The topological polar surface area (TPSA) is 69.4 Å². The van der Waals surface area contributed by atoms with Crippen molar-refractivity contribution in [2.24, 2.45) is 0 Å². The first-order chi connectivity index (χ1) is 10.0. The molecule has 0 saturated carbocycles. The maximum atomic E-state index is 11.0. The summed E-state index contributed by atoms with van der Waals surface area (Å²) in [5.41, 5.74) is 0.461. The Morgan fingerprint density at radius 1 is 1.24 bits per heavy atom. The van der Waals surface area contributed by atoms with E-state index >= 15 is 0 Å². The zero-order chi connectivity index (χ0) is 15.4. The molecule has 0 atom stereocenters. The fraction of sp³-hybridized carbons (Fsp3) is 0.0714. The van der Waals surface area contributed by atoms with Gasteiger partial charge in [-0.05, 0) is 24.3 Å². The van der Waals surface area contributed by atoms with Gasteiger partial charge in [-0.25, -0.2) is 0 Å². The minimum Gasteiger partial charge on any atom is -0.486 e. The Bertz CT molecular complexity index is 703. The Morgan fingerprint density at radius 2 is 2.00 bits per heavy atom. The van der Waals surface area contributed by atoms with Crippen molar-refractivity contribution in [2.45, 2.75) is 6.61 Å². The SMILES string of the molecule is O=Cc1cccc(Cl)c1OCc1ccc(Cl)cc1[N+](=O)[O-]. The molecule has 0 amide bonds. The minimum atomic E-state index is -0.544. The largest absolute Gasteiger partial charge is 0.486 e. The highest BCUT2D eigenvalue weighted by Gasteiger charge is 2.16. The molecule has 0 unspecified atom stereocenters. The van der Waals surface area contributed by atoms with Gasteiger partial charge in [0.15, 0.2) is 6.29 Å². The van der Waals surface area contributed by atoms with Crippen LogP contribution in [0, 0.1) is 10.1 Å². The lowest BCUT2D eigenvalue weighted by Crippen LogP contribution is -2.02. The van der Waals surface area contributed by atoms with Gasteiger partial charge in [0.1, 0.15) is 12.4 Å². The molecule has 7 heteroatoms. The van der Waals surface area contributed by atoms with Crippen molar-refractivity contribution >= 4 is 35.2 Å². The molecular weight excluding hydrogens is 317 g/mol. The number of benzene rings is 2. The zero-order valence-electron chi connectivity index (χ0n) is 10.6. The van der Waals surface area contributed by atoms with Crippen LogP contribution in [0.2, 0.25) is 10.0 Å². The molecule has 0 fully saturated rings. The lowest BCUT2D eigenvalue weighted by molar-refractivity contribution is -0.385. The summed E-state index contributed by atoms with van der Waals surface area (Å²) in [6, 6.07) is 9.00. The Labute approximate surface area is 130 Å². The number of carbonyl (C=O) groups is 1. The number of halogens is 2. The summed E-state index contributed by atoms with van der Waals surface area (Å²) in [4.78, 5) is 21.4. The molecule has 0 heterocycles. The summed E-state index contributed by atoms with van der Waals surface area (Å²) in [7, 11) is 0. The van der Waals surface area contributed by atoms with Gasteiger partial charge in [0, 0.05) is 11.1 Å². The number of para-hydroxylation sites is 1. The number of ether oxygens (including phenoxy) is 1. The van der Waals surface area contributed by atoms with Crippen LogP contribution >= 0.6 is 23.2 Å². The third-order valence-electron chi connectivity index (χ3n) is 2.74. The Morgan fingerprint density at radius 3 is 2.67 bits per heavy atom. The van der Waals surface area contributed by atoms with E-state index in [2.05, 4.69) is 0 Å². The molecule has 2 rings (SSSR count). The third-order valence-corrected chi connectivity index (χ3v) is 3.27. The van der Waals surface area contributed by atoms with Crippen LogP contribution < -0.4 is 4.74 Å². The molecule has 2 aromatic rings. The monoisotopic (exact) mass is 325 g/mol. The number of nitro groups is 1. The van der Waals surface area contributed by atoms with E-state index in [1.165, 1.54) is 18.2 Å². The van der Waals surface area contributed by atoms with Crippen molar-refractivity contribution in [3.8, 4) is 5.75 Å². The quantitative estimate of drug-likeness (QED) is 0.467. The molecule has 0 saturated heterocycles. The number of nitrogens with zero attached hydrogens (tertiary/aromatic N) is 1. The van der Waals surface area contributed by atoms with Gasteiger partial charge >= 0.3 is 0 Å². The van der Waals surface area contributed by atoms with Gasteiger partial charge in [0.2, 0.25) is 0 Å². The number of nitro benzene ring substituents is 1. The van der Waals surface area contributed by atoms with Gasteiger partial charge in [-0.3, -0.25) is 14.9 Å². The Balaban J connectivity index is 2.29. The van der Waals surface area contributed by atoms with Crippen molar-refractivity contribution in [1.82, 2.24) is 0 Å². The van der Waals surface area contributed by atoms with Gasteiger partial charge < -0.3 is 4.74 Å². The maximum Gasteiger partial charge on any atom is 0.277 e. The second-order valence-electron chi connectivity index (χ2n) is 4.09. The molecule has 0 aliphatic carbocycles. The van der Waals surface area contributed by atoms with Crippen LogP contribution in [0.25, 0.3) is 0 Å². The molecule has 108 valence electrons. The second kappa shape index (κ2) is 6.56. The van der Waals surface area contributed by atoms with Crippen LogP contribution in [0.1, 0.15) is 15.9 Å². The number of aldehydes is 1. The van der Waals surface area contributed by atoms with Gasteiger partial charge in [-0.2, -0.15) is 0 Å². The van der Waals surface area contributed by atoms with Crippen LogP contribution in [0.5, 0.6) is 5.75 Å². The molecule has 0 bridgehead atoms. The van der Waals surface area contributed by atoms with Crippen molar-refractivity contribution in [2.75, 3.05) is 0 Å². The second-order valence-corrected chi connectivity index (χ2v) is 4.94. The van der Waals surface area contributed by atoms with Crippen molar-refractivity contribution in [3.63, 3.8) is 0 Å². The average Bonchev–Trinajstić information content (AvgIpc) is 2.46. The van der Waals surface area contributed by atoms with E-state index in [0.717, 1.165) is 0 Å². The van der Waals surface area contributed by atoms with Crippen molar-refractivity contribution in [1.29, 1.82) is 0 Å².